The van der Waals surface area contributed by atoms with Crippen LogP contribution >= 0.6 is 11.6 Å². The summed E-state index contributed by atoms with van der Waals surface area (Å²) in [5.74, 6) is -1.03. The third-order valence-electron chi connectivity index (χ3n) is 4.20. The first-order valence-corrected chi connectivity index (χ1v) is 7.92. The first-order valence-electron chi connectivity index (χ1n) is 7.54. The number of carboxylic acid groups (broad SMARTS) is 1. The first kappa shape index (κ1) is 17.2. The molecule has 2 rings (SSSR count). The third kappa shape index (κ3) is 4.93. The van der Waals surface area contributed by atoms with Gasteiger partial charge in [-0.05, 0) is 57.6 Å². The summed E-state index contributed by atoms with van der Waals surface area (Å²) >= 11 is 5.93. The van der Waals surface area contributed by atoms with Crippen molar-refractivity contribution in [1.82, 2.24) is 9.80 Å². The molecule has 1 aliphatic rings. The number of likely N-dealkylation sites (N-methyl/N-ethyl adjacent to an activating group) is 1. The maximum Gasteiger partial charge on any atom is 0.317 e. The second-order valence-corrected chi connectivity index (χ2v) is 6.34. The van der Waals surface area contributed by atoms with E-state index < -0.39 is 5.97 Å². The van der Waals surface area contributed by atoms with E-state index in [1.807, 2.05) is 11.9 Å². The lowest BCUT2D eigenvalue weighted by Crippen LogP contribution is -2.36. The van der Waals surface area contributed by atoms with Gasteiger partial charge in [-0.15, -0.1) is 0 Å². The van der Waals surface area contributed by atoms with Crippen LogP contribution in [-0.4, -0.2) is 53.6 Å². The zero-order chi connectivity index (χ0) is 16.1. The fourth-order valence-corrected chi connectivity index (χ4v) is 3.18. The summed E-state index contributed by atoms with van der Waals surface area (Å²) in [4.78, 5) is 14.9. The fourth-order valence-electron chi connectivity index (χ4n) is 2.98. The summed E-state index contributed by atoms with van der Waals surface area (Å²) in [6.45, 7) is 2.33. The highest BCUT2D eigenvalue weighted by atomic mass is 35.5. The second kappa shape index (κ2) is 7.90. The first-order chi connectivity index (χ1) is 10.5. The van der Waals surface area contributed by atoms with E-state index in [0.29, 0.717) is 17.1 Å². The maximum absolute atomic E-state index is 13.8. The van der Waals surface area contributed by atoms with Crippen LogP contribution in [0.15, 0.2) is 18.2 Å². The van der Waals surface area contributed by atoms with Crippen LogP contribution in [0.4, 0.5) is 4.39 Å². The average molecular weight is 329 g/mol. The number of rotatable bonds is 5. The molecule has 1 fully saturated rings. The van der Waals surface area contributed by atoms with Gasteiger partial charge in [0.25, 0.3) is 0 Å². The summed E-state index contributed by atoms with van der Waals surface area (Å²) < 4.78 is 13.8. The Kier molecular flexibility index (Phi) is 6.17. The van der Waals surface area contributed by atoms with Crippen LogP contribution < -0.4 is 0 Å². The molecule has 1 heterocycles. The van der Waals surface area contributed by atoms with Crippen LogP contribution in [0.1, 0.15) is 24.8 Å². The van der Waals surface area contributed by atoms with Crippen molar-refractivity contribution >= 4 is 17.6 Å². The zero-order valence-electron chi connectivity index (χ0n) is 12.8. The fraction of sp³-hybridized carbons (Fsp3) is 0.562. The molecule has 1 aromatic carbocycles. The van der Waals surface area contributed by atoms with E-state index in [1.54, 1.807) is 12.1 Å². The lowest BCUT2D eigenvalue weighted by molar-refractivity contribution is -0.138. The molecule has 4 nitrogen and oxygen atoms in total. The molecule has 0 aliphatic carbocycles. The van der Waals surface area contributed by atoms with Crippen molar-refractivity contribution in [3.05, 3.63) is 34.6 Å². The average Bonchev–Trinajstić information content (AvgIpc) is 2.68. The van der Waals surface area contributed by atoms with E-state index in [9.17, 15) is 9.18 Å². The number of nitrogens with zero attached hydrogens (tertiary/aromatic N) is 2. The third-order valence-corrected chi connectivity index (χ3v) is 4.44. The molecule has 0 radical (unpaired) electrons. The predicted molar refractivity (Wildman–Crippen MR) is 84.6 cm³/mol. The summed E-state index contributed by atoms with van der Waals surface area (Å²) in [6, 6.07) is 4.90. The van der Waals surface area contributed by atoms with Crippen LogP contribution in [-0.2, 0) is 11.3 Å². The summed E-state index contributed by atoms with van der Waals surface area (Å²) in [6.07, 6.45) is 2.85. The Morgan fingerprint density at radius 3 is 2.95 bits per heavy atom. The number of carbonyl (C=O) groups is 1. The van der Waals surface area contributed by atoms with Crippen LogP contribution in [0, 0.1) is 5.82 Å². The molecule has 122 valence electrons. The number of likely N-dealkylation sites (tertiary alicyclic amines) is 1. The van der Waals surface area contributed by atoms with Gasteiger partial charge < -0.3 is 5.11 Å². The van der Waals surface area contributed by atoms with Crippen LogP contribution in [0.2, 0.25) is 5.02 Å². The van der Waals surface area contributed by atoms with Crippen LogP contribution in [0.25, 0.3) is 0 Å². The second-order valence-electron chi connectivity index (χ2n) is 5.91. The Labute approximate surface area is 135 Å². The summed E-state index contributed by atoms with van der Waals surface area (Å²) in [5, 5.41) is 9.43. The van der Waals surface area contributed by atoms with E-state index in [-0.39, 0.29) is 18.4 Å². The number of benzene rings is 1. The molecular weight excluding hydrogens is 307 g/mol. The number of aliphatic carboxylic acids is 1. The standard InChI is InChI=1S/C16H22ClFN2O2/c1-19(11-16(21)22)14-3-2-7-20(8-6-14)10-12-9-13(17)4-5-15(12)18/h4-5,9,14H,2-3,6-8,10-11H2,1H3,(H,21,22). The van der Waals surface area contributed by atoms with Gasteiger partial charge in [0.2, 0.25) is 0 Å². The minimum atomic E-state index is -0.801. The molecular formula is C16H22ClFN2O2. The highest BCUT2D eigenvalue weighted by Crippen LogP contribution is 2.20. The van der Waals surface area contributed by atoms with E-state index in [0.717, 1.165) is 32.4 Å². The number of hydrogen-bond acceptors (Lipinski definition) is 3. The van der Waals surface area contributed by atoms with Gasteiger partial charge in [-0.2, -0.15) is 0 Å². The van der Waals surface area contributed by atoms with Crippen molar-refractivity contribution in [1.29, 1.82) is 0 Å². The van der Waals surface area contributed by atoms with Crippen molar-refractivity contribution in [3.8, 4) is 0 Å². The molecule has 1 atom stereocenters. The molecule has 0 bridgehead atoms. The largest absolute Gasteiger partial charge is 0.480 e. The monoisotopic (exact) mass is 328 g/mol. The summed E-state index contributed by atoms with van der Waals surface area (Å²) in [7, 11) is 1.85. The Balaban J connectivity index is 1.93. The maximum atomic E-state index is 13.8. The van der Waals surface area contributed by atoms with Gasteiger partial charge in [-0.1, -0.05) is 11.6 Å². The topological polar surface area (TPSA) is 43.8 Å². The number of halogens is 2. The molecule has 1 aliphatic heterocycles. The van der Waals surface area contributed by atoms with E-state index in [2.05, 4.69) is 4.90 Å². The predicted octanol–water partition coefficient (Wildman–Crippen LogP) is 2.85. The Hall–Kier alpha value is -1.17. The van der Waals surface area contributed by atoms with Crippen LogP contribution in [0.3, 0.4) is 0 Å². The highest BCUT2D eigenvalue weighted by Gasteiger charge is 2.22. The lowest BCUT2D eigenvalue weighted by atomic mass is 10.1. The minimum absolute atomic E-state index is 0.0631. The van der Waals surface area contributed by atoms with E-state index >= 15 is 0 Å². The summed E-state index contributed by atoms with van der Waals surface area (Å²) in [5.41, 5.74) is 0.616. The number of hydrogen-bond donors (Lipinski definition) is 1. The van der Waals surface area contributed by atoms with E-state index in [4.69, 9.17) is 16.7 Å². The van der Waals surface area contributed by atoms with Gasteiger partial charge in [-0.3, -0.25) is 14.6 Å². The molecule has 1 unspecified atom stereocenters. The lowest BCUT2D eigenvalue weighted by Gasteiger charge is -2.25. The van der Waals surface area contributed by atoms with E-state index in [1.165, 1.54) is 6.07 Å². The van der Waals surface area contributed by atoms with Crippen molar-refractivity contribution in [2.24, 2.45) is 0 Å². The SMILES string of the molecule is CN(CC(=O)O)C1CCCN(Cc2cc(Cl)ccc2F)CC1. The van der Waals surface area contributed by atoms with Gasteiger partial charge in [0.05, 0.1) is 6.54 Å². The molecule has 6 heteroatoms. The molecule has 0 aromatic heterocycles. The van der Waals surface area contributed by atoms with Gasteiger partial charge >= 0.3 is 5.97 Å². The molecule has 0 amide bonds. The zero-order valence-corrected chi connectivity index (χ0v) is 13.5. The van der Waals surface area contributed by atoms with Crippen molar-refractivity contribution < 1.29 is 14.3 Å². The Morgan fingerprint density at radius 2 is 2.23 bits per heavy atom. The smallest absolute Gasteiger partial charge is 0.317 e. The van der Waals surface area contributed by atoms with Gasteiger partial charge in [-0.25, -0.2) is 4.39 Å². The van der Waals surface area contributed by atoms with Crippen molar-refractivity contribution in [3.63, 3.8) is 0 Å². The van der Waals surface area contributed by atoms with Gasteiger partial charge in [0.1, 0.15) is 5.82 Å². The molecule has 22 heavy (non-hydrogen) atoms. The molecule has 1 N–H and O–H groups in total. The Bertz CT molecular complexity index is 527. The minimum Gasteiger partial charge on any atom is -0.480 e. The highest BCUT2D eigenvalue weighted by molar-refractivity contribution is 6.30. The van der Waals surface area contributed by atoms with Crippen LogP contribution in [0.5, 0.6) is 0 Å². The molecule has 0 saturated carbocycles. The normalized spacial score (nSPS) is 20.1. The Morgan fingerprint density at radius 1 is 1.45 bits per heavy atom. The molecule has 1 aromatic rings. The van der Waals surface area contributed by atoms with Crippen molar-refractivity contribution in [2.75, 3.05) is 26.7 Å². The molecule has 0 spiro atoms. The molecule has 1 saturated heterocycles. The number of carboxylic acids is 1. The van der Waals surface area contributed by atoms with Crippen molar-refractivity contribution in [2.45, 2.75) is 31.8 Å². The van der Waals surface area contributed by atoms with Gasteiger partial charge in [0.15, 0.2) is 0 Å². The quantitative estimate of drug-likeness (QED) is 0.902. The van der Waals surface area contributed by atoms with Gasteiger partial charge in [0, 0.05) is 23.2 Å².